The van der Waals surface area contributed by atoms with Crippen molar-refractivity contribution < 1.29 is 0 Å². The van der Waals surface area contributed by atoms with Crippen LogP contribution in [0.5, 0.6) is 0 Å². The van der Waals surface area contributed by atoms with Crippen LogP contribution in [0.25, 0.3) is 0 Å². The molecule has 2 nitrogen and oxygen atoms in total. The van der Waals surface area contributed by atoms with Gasteiger partial charge in [0.1, 0.15) is 0 Å². The minimum Gasteiger partial charge on any atom is -0.368 e. The maximum atomic E-state index is 5.72. The highest BCUT2D eigenvalue weighted by atomic mass is 35.5. The van der Waals surface area contributed by atoms with Gasteiger partial charge in [-0.25, -0.2) is 0 Å². The summed E-state index contributed by atoms with van der Waals surface area (Å²) in [5.41, 5.74) is 0. The molecule has 0 aliphatic heterocycles. The lowest BCUT2D eigenvalue weighted by Gasteiger charge is -2.09. The molecule has 1 heterocycles. The third kappa shape index (κ3) is 12.2. The normalized spacial score (nSPS) is 9.33. The fourth-order valence-corrected chi connectivity index (χ4v) is 0.278. The van der Waals surface area contributed by atoms with Gasteiger partial charge in [0.25, 0.3) is 0 Å². The largest absolute Gasteiger partial charge is 0.368 e. The van der Waals surface area contributed by atoms with Crippen LogP contribution in [0.3, 0.4) is 0 Å². The predicted molar refractivity (Wildman–Crippen MR) is 56.0 cm³/mol. The first-order valence-corrected chi connectivity index (χ1v) is 4.20. The molecule has 4 N–H and O–H groups in total. The predicted octanol–water partition coefficient (Wildman–Crippen LogP) is 3.59. The minimum atomic E-state index is 0. The van der Waals surface area contributed by atoms with E-state index in [4.69, 9.17) is 11.6 Å². The topological polar surface area (TPSA) is 50.8 Å². The molecule has 3 heteroatoms. The lowest BCUT2D eigenvalue weighted by atomic mass is 10.1. The smallest absolute Gasteiger partial charge is 0.0388 e. The van der Waals surface area contributed by atoms with Crippen molar-refractivity contribution in [2.24, 2.45) is 0 Å². The SMILES string of the molecule is CCC(C)(C)Cl.N.c1cc[nH]c1. The maximum absolute atomic E-state index is 5.72. The van der Waals surface area contributed by atoms with E-state index in [2.05, 4.69) is 11.9 Å². The summed E-state index contributed by atoms with van der Waals surface area (Å²) in [5.74, 6) is 0. The van der Waals surface area contributed by atoms with E-state index < -0.39 is 0 Å². The van der Waals surface area contributed by atoms with Crippen molar-refractivity contribution in [2.75, 3.05) is 0 Å². The van der Waals surface area contributed by atoms with E-state index in [9.17, 15) is 0 Å². The quantitative estimate of drug-likeness (QED) is 0.654. The zero-order valence-electron chi connectivity index (χ0n) is 8.10. The molecule has 0 aromatic carbocycles. The fraction of sp³-hybridized carbons (Fsp3) is 0.556. The molecule has 72 valence electrons. The van der Waals surface area contributed by atoms with E-state index in [1.165, 1.54) is 0 Å². The number of hydrogen-bond acceptors (Lipinski definition) is 1. The molecule has 0 aliphatic rings. The first-order valence-electron chi connectivity index (χ1n) is 3.83. The van der Waals surface area contributed by atoms with Crippen LogP contribution in [0.4, 0.5) is 0 Å². The van der Waals surface area contributed by atoms with Gasteiger partial charge in [0.15, 0.2) is 0 Å². The Hall–Kier alpha value is -0.470. The average Bonchev–Trinajstić information content (AvgIpc) is 2.41. The van der Waals surface area contributed by atoms with Crippen molar-refractivity contribution in [3.8, 4) is 0 Å². The highest BCUT2D eigenvalue weighted by molar-refractivity contribution is 6.23. The zero-order chi connectivity index (χ0) is 8.74. The summed E-state index contributed by atoms with van der Waals surface area (Å²) in [5, 5.41) is 0. The second-order valence-electron chi connectivity index (χ2n) is 2.96. The number of rotatable bonds is 1. The fourth-order valence-electron chi connectivity index (χ4n) is 0.278. The molecule has 0 aliphatic carbocycles. The lowest BCUT2D eigenvalue weighted by Crippen LogP contribution is -2.05. The third-order valence-corrected chi connectivity index (χ3v) is 1.60. The Morgan fingerprint density at radius 1 is 1.25 bits per heavy atom. The van der Waals surface area contributed by atoms with Gasteiger partial charge in [0.05, 0.1) is 0 Å². The number of nitrogens with one attached hydrogen (secondary N) is 1. The van der Waals surface area contributed by atoms with Crippen molar-refractivity contribution in [1.82, 2.24) is 11.1 Å². The summed E-state index contributed by atoms with van der Waals surface area (Å²) in [6.45, 7) is 6.09. The molecule has 0 radical (unpaired) electrons. The molecule has 0 amide bonds. The minimum absolute atomic E-state index is 0. The molecule has 0 saturated heterocycles. The number of aromatic nitrogens is 1. The van der Waals surface area contributed by atoms with Gasteiger partial charge in [-0.1, -0.05) is 6.92 Å². The Balaban J connectivity index is 0. The second kappa shape index (κ2) is 7.19. The highest BCUT2D eigenvalue weighted by Crippen LogP contribution is 2.15. The zero-order valence-corrected chi connectivity index (χ0v) is 8.86. The summed E-state index contributed by atoms with van der Waals surface area (Å²) >= 11 is 5.72. The highest BCUT2D eigenvalue weighted by Gasteiger charge is 2.06. The first kappa shape index (κ1) is 14.1. The summed E-state index contributed by atoms with van der Waals surface area (Å²) in [6, 6.07) is 3.89. The number of halogens is 1. The Labute approximate surface area is 79.9 Å². The van der Waals surface area contributed by atoms with E-state index >= 15 is 0 Å². The van der Waals surface area contributed by atoms with Gasteiger partial charge in [-0.3, -0.25) is 0 Å². The molecular formula is C9H19ClN2. The van der Waals surface area contributed by atoms with E-state index in [0.717, 1.165) is 6.42 Å². The third-order valence-electron chi connectivity index (χ3n) is 1.34. The molecule has 0 atom stereocenters. The lowest BCUT2D eigenvalue weighted by molar-refractivity contribution is 0.671. The van der Waals surface area contributed by atoms with Gasteiger partial charge in [-0.05, 0) is 32.4 Å². The molecule has 1 aromatic rings. The van der Waals surface area contributed by atoms with Crippen LogP contribution in [0.1, 0.15) is 27.2 Å². The number of alkyl halides is 1. The van der Waals surface area contributed by atoms with E-state index in [0.29, 0.717) is 0 Å². The van der Waals surface area contributed by atoms with Gasteiger partial charge in [-0.2, -0.15) is 0 Å². The average molecular weight is 191 g/mol. The van der Waals surface area contributed by atoms with Crippen molar-refractivity contribution >= 4 is 11.6 Å². The summed E-state index contributed by atoms with van der Waals surface area (Å²) in [4.78, 5) is 2.88. The Kier molecular flexibility index (Phi) is 8.44. The van der Waals surface area contributed by atoms with Crippen molar-refractivity contribution in [3.63, 3.8) is 0 Å². The van der Waals surface area contributed by atoms with Gasteiger partial charge in [0.2, 0.25) is 0 Å². The van der Waals surface area contributed by atoms with Gasteiger partial charge in [0, 0.05) is 17.3 Å². The summed E-state index contributed by atoms with van der Waals surface area (Å²) < 4.78 is 0. The van der Waals surface area contributed by atoms with Crippen LogP contribution < -0.4 is 6.15 Å². The van der Waals surface area contributed by atoms with Crippen molar-refractivity contribution in [3.05, 3.63) is 24.5 Å². The second-order valence-corrected chi connectivity index (χ2v) is 3.98. The molecule has 0 saturated carbocycles. The summed E-state index contributed by atoms with van der Waals surface area (Å²) in [7, 11) is 0. The molecule has 12 heavy (non-hydrogen) atoms. The Bertz CT molecular complexity index is 136. The van der Waals surface area contributed by atoms with Crippen LogP contribution in [0.2, 0.25) is 0 Å². The van der Waals surface area contributed by atoms with E-state index in [-0.39, 0.29) is 11.0 Å². The van der Waals surface area contributed by atoms with Crippen LogP contribution in [-0.4, -0.2) is 9.86 Å². The Morgan fingerprint density at radius 3 is 1.67 bits per heavy atom. The van der Waals surface area contributed by atoms with Gasteiger partial charge in [-0.15, -0.1) is 11.6 Å². The van der Waals surface area contributed by atoms with Gasteiger partial charge >= 0.3 is 0 Å². The number of hydrogen-bond donors (Lipinski definition) is 2. The standard InChI is InChI=1S/C5H11Cl.C4H5N.H3N/c1-4-5(2,3)6;1-2-4-5-3-1;/h4H2,1-3H3;1-5H;1H3. The number of H-pyrrole nitrogens is 1. The summed E-state index contributed by atoms with van der Waals surface area (Å²) in [6.07, 6.45) is 4.79. The molecule has 0 fully saturated rings. The van der Waals surface area contributed by atoms with Crippen molar-refractivity contribution in [1.29, 1.82) is 0 Å². The maximum Gasteiger partial charge on any atom is 0.0388 e. The molecule has 1 aromatic heterocycles. The van der Waals surface area contributed by atoms with Crippen LogP contribution >= 0.6 is 11.6 Å². The number of aromatic amines is 1. The molecular weight excluding hydrogens is 172 g/mol. The molecule has 0 spiro atoms. The molecule has 0 bridgehead atoms. The molecule has 0 unspecified atom stereocenters. The van der Waals surface area contributed by atoms with Crippen LogP contribution in [0.15, 0.2) is 24.5 Å². The van der Waals surface area contributed by atoms with Gasteiger partial charge < -0.3 is 11.1 Å². The van der Waals surface area contributed by atoms with Crippen molar-refractivity contribution in [2.45, 2.75) is 32.1 Å². The Morgan fingerprint density at radius 2 is 1.58 bits per heavy atom. The van der Waals surface area contributed by atoms with Crippen LogP contribution in [-0.2, 0) is 0 Å². The van der Waals surface area contributed by atoms with E-state index in [1.54, 1.807) is 0 Å². The molecule has 1 rings (SSSR count). The monoisotopic (exact) mass is 190 g/mol. The van der Waals surface area contributed by atoms with E-state index in [1.807, 2.05) is 38.4 Å². The van der Waals surface area contributed by atoms with Crippen LogP contribution in [0, 0.1) is 0 Å². The first-order chi connectivity index (χ1) is 5.06.